The summed E-state index contributed by atoms with van der Waals surface area (Å²) < 4.78 is 33.2. The summed E-state index contributed by atoms with van der Waals surface area (Å²) in [5, 5.41) is 9.04. The van der Waals surface area contributed by atoms with Crippen LogP contribution in [0.3, 0.4) is 0 Å². The molecule has 2 heterocycles. The zero-order valence-electron chi connectivity index (χ0n) is 12.7. The van der Waals surface area contributed by atoms with Gasteiger partial charge >= 0.3 is 0 Å². The molecule has 3 aromatic rings. The number of sulfonamides is 1. The second-order valence-corrected chi connectivity index (χ2v) is 7.35. The molecular weight excluding hydrogens is 332 g/mol. The van der Waals surface area contributed by atoms with Crippen LogP contribution in [0.2, 0.25) is 0 Å². The van der Waals surface area contributed by atoms with Crippen molar-refractivity contribution in [1.29, 1.82) is 0 Å². The molecule has 1 aromatic carbocycles. The minimum absolute atomic E-state index is 0.101. The molecule has 124 valence electrons. The van der Waals surface area contributed by atoms with Crippen molar-refractivity contribution in [1.82, 2.24) is 15.1 Å². The Bertz CT molecular complexity index is 991. The summed E-state index contributed by atoms with van der Waals surface area (Å²) in [6.45, 7) is 1.81. The third kappa shape index (κ3) is 2.61. The van der Waals surface area contributed by atoms with Gasteiger partial charge in [-0.15, -0.1) is 0 Å². The van der Waals surface area contributed by atoms with Gasteiger partial charge in [-0.05, 0) is 37.0 Å². The number of hydrogen-bond donors (Lipinski definition) is 1. The Labute approximate surface area is 137 Å². The number of nitrogens with zero attached hydrogens (tertiary/aromatic N) is 3. The van der Waals surface area contributed by atoms with Gasteiger partial charge in [0.2, 0.25) is 21.7 Å². The SMILES string of the molecule is Cc1ncoc1-c1noc([C@@H]2C[C@H]2c2ccc(S(N)(=O)=O)cc2)n1. The molecule has 0 radical (unpaired) electrons. The summed E-state index contributed by atoms with van der Waals surface area (Å²) in [5.41, 5.74) is 1.72. The van der Waals surface area contributed by atoms with E-state index in [-0.39, 0.29) is 16.7 Å². The predicted molar refractivity (Wildman–Crippen MR) is 82.4 cm³/mol. The fourth-order valence-electron chi connectivity index (χ4n) is 2.74. The predicted octanol–water partition coefficient (Wildman–Crippen LogP) is 1.95. The van der Waals surface area contributed by atoms with Crippen LogP contribution in [0.25, 0.3) is 11.6 Å². The smallest absolute Gasteiger partial charge is 0.240 e. The maximum Gasteiger partial charge on any atom is 0.240 e. The highest BCUT2D eigenvalue weighted by Gasteiger charge is 2.44. The molecule has 0 bridgehead atoms. The fraction of sp³-hybridized carbons (Fsp3) is 0.267. The van der Waals surface area contributed by atoms with Gasteiger partial charge in [-0.1, -0.05) is 17.3 Å². The Morgan fingerprint density at radius 1 is 1.21 bits per heavy atom. The van der Waals surface area contributed by atoms with E-state index >= 15 is 0 Å². The van der Waals surface area contributed by atoms with Crippen LogP contribution in [-0.4, -0.2) is 23.5 Å². The third-order valence-corrected chi connectivity index (χ3v) is 5.06. The van der Waals surface area contributed by atoms with Gasteiger partial charge in [0.05, 0.1) is 10.6 Å². The quantitative estimate of drug-likeness (QED) is 0.765. The monoisotopic (exact) mass is 346 g/mol. The van der Waals surface area contributed by atoms with Crippen LogP contribution in [0, 0.1) is 6.92 Å². The van der Waals surface area contributed by atoms with Gasteiger partial charge in [-0.25, -0.2) is 18.5 Å². The maximum atomic E-state index is 11.3. The Hall–Kier alpha value is -2.52. The van der Waals surface area contributed by atoms with Gasteiger partial charge in [0.25, 0.3) is 0 Å². The normalized spacial score (nSPS) is 20.2. The summed E-state index contributed by atoms with van der Waals surface area (Å²) in [7, 11) is -3.67. The van der Waals surface area contributed by atoms with Crippen molar-refractivity contribution in [2.24, 2.45) is 5.14 Å². The van der Waals surface area contributed by atoms with E-state index < -0.39 is 10.0 Å². The molecule has 1 aliphatic rings. The van der Waals surface area contributed by atoms with Crippen LogP contribution in [0.1, 0.15) is 35.4 Å². The average molecular weight is 346 g/mol. The number of oxazole rings is 1. The Kier molecular flexibility index (Phi) is 3.29. The van der Waals surface area contributed by atoms with Crippen LogP contribution < -0.4 is 5.14 Å². The highest BCUT2D eigenvalue weighted by Crippen LogP contribution is 2.54. The number of rotatable bonds is 4. The van der Waals surface area contributed by atoms with E-state index in [0.29, 0.717) is 23.2 Å². The van der Waals surface area contributed by atoms with E-state index in [1.165, 1.54) is 18.5 Å². The first-order valence-corrected chi connectivity index (χ1v) is 8.85. The zero-order valence-corrected chi connectivity index (χ0v) is 13.5. The first-order valence-electron chi connectivity index (χ1n) is 7.30. The van der Waals surface area contributed by atoms with Gasteiger partial charge in [0.15, 0.2) is 12.2 Å². The number of aryl methyl sites for hydroxylation is 1. The summed E-state index contributed by atoms with van der Waals surface area (Å²) >= 11 is 0. The lowest BCUT2D eigenvalue weighted by molar-refractivity contribution is 0.377. The first kappa shape index (κ1) is 15.0. The minimum atomic E-state index is -3.67. The molecule has 1 aliphatic carbocycles. The first-order chi connectivity index (χ1) is 11.4. The lowest BCUT2D eigenvalue weighted by atomic mass is 10.1. The number of benzene rings is 1. The number of aromatic nitrogens is 3. The molecule has 24 heavy (non-hydrogen) atoms. The molecule has 2 N–H and O–H groups in total. The largest absolute Gasteiger partial charge is 0.440 e. The number of primary sulfonamides is 1. The van der Waals surface area contributed by atoms with E-state index in [1.807, 2.05) is 6.92 Å². The molecule has 8 nitrogen and oxygen atoms in total. The molecule has 1 saturated carbocycles. The Balaban J connectivity index is 1.53. The van der Waals surface area contributed by atoms with E-state index in [2.05, 4.69) is 15.1 Å². The van der Waals surface area contributed by atoms with Crippen LogP contribution in [0.4, 0.5) is 0 Å². The topological polar surface area (TPSA) is 125 Å². The molecule has 1 fully saturated rings. The fourth-order valence-corrected chi connectivity index (χ4v) is 3.25. The molecule has 2 aromatic heterocycles. The highest BCUT2D eigenvalue weighted by molar-refractivity contribution is 7.89. The molecule has 0 amide bonds. The van der Waals surface area contributed by atoms with Crippen molar-refractivity contribution >= 4 is 10.0 Å². The number of hydrogen-bond acceptors (Lipinski definition) is 7. The third-order valence-electron chi connectivity index (χ3n) is 4.13. The molecule has 9 heteroatoms. The van der Waals surface area contributed by atoms with Gasteiger partial charge < -0.3 is 8.94 Å². The summed E-state index contributed by atoms with van der Waals surface area (Å²) in [4.78, 5) is 8.49. The van der Waals surface area contributed by atoms with Crippen LogP contribution in [0.5, 0.6) is 0 Å². The summed E-state index contributed by atoms with van der Waals surface area (Å²) in [6, 6.07) is 6.55. The average Bonchev–Trinajstić information content (AvgIpc) is 2.98. The van der Waals surface area contributed by atoms with E-state index in [0.717, 1.165) is 12.0 Å². The molecule has 0 spiro atoms. The number of nitrogens with two attached hydrogens (primary N) is 1. The van der Waals surface area contributed by atoms with Gasteiger partial charge in [0, 0.05) is 5.92 Å². The summed E-state index contributed by atoms with van der Waals surface area (Å²) in [6.07, 6.45) is 2.21. The highest BCUT2D eigenvalue weighted by atomic mass is 32.2. The van der Waals surface area contributed by atoms with Crippen molar-refractivity contribution in [3.05, 3.63) is 47.8 Å². The Morgan fingerprint density at radius 2 is 1.96 bits per heavy atom. The Morgan fingerprint density at radius 3 is 2.58 bits per heavy atom. The van der Waals surface area contributed by atoms with Crippen molar-refractivity contribution in [2.45, 2.75) is 30.1 Å². The van der Waals surface area contributed by atoms with Gasteiger partial charge in [0.1, 0.15) is 0 Å². The van der Waals surface area contributed by atoms with Crippen molar-refractivity contribution in [3.8, 4) is 11.6 Å². The zero-order chi connectivity index (χ0) is 16.9. The van der Waals surface area contributed by atoms with Crippen LogP contribution >= 0.6 is 0 Å². The van der Waals surface area contributed by atoms with Crippen molar-refractivity contribution < 1.29 is 17.4 Å². The summed E-state index contributed by atoms with van der Waals surface area (Å²) in [5.74, 6) is 1.77. The molecule has 0 saturated heterocycles. The van der Waals surface area contributed by atoms with Crippen molar-refractivity contribution in [2.75, 3.05) is 0 Å². The standard InChI is InChI=1S/C15H14N4O4S/c1-8-13(22-7-17-8)14-18-15(23-19-14)12-6-11(12)9-2-4-10(5-3-9)24(16,20)21/h2-5,7,11-12H,6H2,1H3,(H2,16,20,21)/t11-,12+/m0/s1. The lowest BCUT2D eigenvalue weighted by Crippen LogP contribution is -2.11. The van der Waals surface area contributed by atoms with Crippen LogP contribution in [0.15, 0.2) is 44.5 Å². The lowest BCUT2D eigenvalue weighted by Gasteiger charge is -2.01. The van der Waals surface area contributed by atoms with Gasteiger partial charge in [-0.2, -0.15) is 4.98 Å². The van der Waals surface area contributed by atoms with E-state index in [1.54, 1.807) is 12.1 Å². The minimum Gasteiger partial charge on any atom is -0.440 e. The maximum absolute atomic E-state index is 11.3. The molecule has 2 atom stereocenters. The van der Waals surface area contributed by atoms with Crippen molar-refractivity contribution in [3.63, 3.8) is 0 Å². The van der Waals surface area contributed by atoms with E-state index in [4.69, 9.17) is 14.1 Å². The molecule has 4 rings (SSSR count). The molecular formula is C15H14N4O4S. The second kappa shape index (κ2) is 5.25. The molecule has 0 unspecified atom stereocenters. The second-order valence-electron chi connectivity index (χ2n) is 5.79. The van der Waals surface area contributed by atoms with Crippen LogP contribution in [-0.2, 0) is 10.0 Å². The molecule has 0 aliphatic heterocycles. The van der Waals surface area contributed by atoms with E-state index in [9.17, 15) is 8.42 Å². The van der Waals surface area contributed by atoms with Gasteiger partial charge in [-0.3, -0.25) is 0 Å².